The zero-order valence-corrected chi connectivity index (χ0v) is 11.1. The van der Waals surface area contributed by atoms with E-state index in [-0.39, 0.29) is 5.69 Å². The highest BCUT2D eigenvalue weighted by molar-refractivity contribution is 5.49. The third-order valence-electron chi connectivity index (χ3n) is 2.47. The van der Waals surface area contributed by atoms with Gasteiger partial charge in [0.25, 0.3) is 0 Å². The number of hydrogen-bond acceptors (Lipinski definition) is 5. The highest BCUT2D eigenvalue weighted by atomic mass is 16.5. The Bertz CT molecular complexity index is 643. The Morgan fingerprint density at radius 2 is 2.42 bits per heavy atom. The van der Waals surface area contributed by atoms with E-state index < -0.39 is 0 Å². The molecule has 102 valence electrons. The third kappa shape index (κ3) is 3.19. The molecular formula is C12H17N5O2. The van der Waals surface area contributed by atoms with Crippen molar-refractivity contribution in [1.82, 2.24) is 19.6 Å². The van der Waals surface area contributed by atoms with Crippen LogP contribution in [0.4, 0.5) is 5.82 Å². The van der Waals surface area contributed by atoms with Gasteiger partial charge < -0.3 is 10.1 Å². The number of aromatic amines is 1. The maximum absolute atomic E-state index is 11.4. The number of nitrogens with zero attached hydrogens (tertiary/aromatic N) is 3. The second kappa shape index (κ2) is 5.66. The lowest BCUT2D eigenvalue weighted by Crippen LogP contribution is -2.15. The summed E-state index contributed by atoms with van der Waals surface area (Å²) in [7, 11) is 0. The van der Waals surface area contributed by atoms with Gasteiger partial charge in [0.2, 0.25) is 0 Å². The van der Waals surface area contributed by atoms with Gasteiger partial charge in [0.05, 0.1) is 13.2 Å². The van der Waals surface area contributed by atoms with Crippen LogP contribution in [0, 0.1) is 6.92 Å². The molecule has 0 radical (unpaired) electrons. The molecule has 0 aromatic carbocycles. The van der Waals surface area contributed by atoms with Crippen molar-refractivity contribution in [1.29, 1.82) is 0 Å². The van der Waals surface area contributed by atoms with Crippen LogP contribution in [0.3, 0.4) is 0 Å². The van der Waals surface area contributed by atoms with Crippen molar-refractivity contribution in [2.75, 3.05) is 25.1 Å². The van der Waals surface area contributed by atoms with E-state index in [1.807, 2.05) is 6.92 Å². The Hall–Kier alpha value is -2.15. The molecule has 0 atom stereocenters. The van der Waals surface area contributed by atoms with Gasteiger partial charge in [0.15, 0.2) is 5.65 Å². The van der Waals surface area contributed by atoms with Crippen LogP contribution < -0.4 is 11.0 Å². The molecule has 19 heavy (non-hydrogen) atoms. The van der Waals surface area contributed by atoms with E-state index in [0.29, 0.717) is 37.0 Å². The summed E-state index contributed by atoms with van der Waals surface area (Å²) in [5.41, 5.74) is 1.26. The minimum Gasteiger partial charge on any atom is -0.375 e. The molecule has 2 aromatic rings. The summed E-state index contributed by atoms with van der Waals surface area (Å²) in [6.45, 7) is 9.18. The van der Waals surface area contributed by atoms with Crippen LogP contribution in [0.2, 0.25) is 0 Å². The molecule has 2 aromatic heterocycles. The lowest BCUT2D eigenvalue weighted by atomic mass is 10.4. The van der Waals surface area contributed by atoms with E-state index in [0.717, 1.165) is 5.57 Å². The molecule has 7 nitrogen and oxygen atoms in total. The summed E-state index contributed by atoms with van der Waals surface area (Å²) in [5, 5.41) is 9.42. The van der Waals surface area contributed by atoms with E-state index in [1.54, 1.807) is 13.0 Å². The molecule has 0 bridgehead atoms. The van der Waals surface area contributed by atoms with E-state index in [2.05, 4.69) is 27.1 Å². The number of aromatic nitrogens is 4. The maximum atomic E-state index is 11.4. The maximum Gasteiger partial charge on any atom is 0.349 e. The number of aryl methyl sites for hydroxylation is 1. The molecule has 0 aliphatic carbocycles. The molecule has 0 spiro atoms. The van der Waals surface area contributed by atoms with Crippen LogP contribution in [0.15, 0.2) is 23.0 Å². The Morgan fingerprint density at radius 1 is 1.63 bits per heavy atom. The number of rotatable bonds is 6. The van der Waals surface area contributed by atoms with Gasteiger partial charge in [-0.2, -0.15) is 5.10 Å². The van der Waals surface area contributed by atoms with Gasteiger partial charge in [0.1, 0.15) is 11.6 Å². The molecule has 0 fully saturated rings. The Morgan fingerprint density at radius 3 is 3.16 bits per heavy atom. The van der Waals surface area contributed by atoms with Gasteiger partial charge >= 0.3 is 5.69 Å². The zero-order valence-electron chi connectivity index (χ0n) is 11.1. The van der Waals surface area contributed by atoms with Crippen molar-refractivity contribution < 1.29 is 4.74 Å². The SMILES string of the molecule is C=C(C)COCCNc1cc2n[nH]c(=O)n2c(C)n1. The van der Waals surface area contributed by atoms with Crippen LogP contribution in [0.1, 0.15) is 12.7 Å². The zero-order chi connectivity index (χ0) is 13.8. The molecule has 2 heterocycles. The standard InChI is InChI=1S/C12H17N5O2/c1-8(2)7-19-5-4-13-10-6-11-15-16-12(18)17(11)9(3)14-10/h6,13H,1,4-5,7H2,2-3H3,(H,16,18). The Labute approximate surface area is 110 Å². The number of ether oxygens (including phenoxy) is 1. The first kappa shape index (κ1) is 13.3. The Kier molecular flexibility index (Phi) is 3.96. The van der Waals surface area contributed by atoms with Crippen LogP contribution in [0.25, 0.3) is 5.65 Å². The van der Waals surface area contributed by atoms with Crippen LogP contribution in [-0.2, 0) is 4.74 Å². The van der Waals surface area contributed by atoms with Gasteiger partial charge in [-0.1, -0.05) is 12.2 Å². The van der Waals surface area contributed by atoms with Gasteiger partial charge in [0, 0.05) is 12.6 Å². The monoisotopic (exact) mass is 263 g/mol. The highest BCUT2D eigenvalue weighted by Crippen LogP contribution is 2.07. The van der Waals surface area contributed by atoms with Crippen molar-refractivity contribution in [3.05, 3.63) is 34.5 Å². The van der Waals surface area contributed by atoms with E-state index >= 15 is 0 Å². The van der Waals surface area contributed by atoms with E-state index in [4.69, 9.17) is 4.74 Å². The van der Waals surface area contributed by atoms with E-state index in [9.17, 15) is 4.79 Å². The molecule has 0 amide bonds. The predicted molar refractivity (Wildman–Crippen MR) is 72.5 cm³/mol. The van der Waals surface area contributed by atoms with Gasteiger partial charge in [-0.05, 0) is 13.8 Å². The first-order valence-electron chi connectivity index (χ1n) is 5.98. The summed E-state index contributed by atoms with van der Waals surface area (Å²) in [5.74, 6) is 1.25. The summed E-state index contributed by atoms with van der Waals surface area (Å²) in [4.78, 5) is 15.7. The summed E-state index contributed by atoms with van der Waals surface area (Å²) in [6.07, 6.45) is 0. The first-order valence-corrected chi connectivity index (χ1v) is 5.98. The second-order valence-corrected chi connectivity index (χ2v) is 4.35. The fourth-order valence-electron chi connectivity index (χ4n) is 1.69. The first-order chi connectivity index (χ1) is 9.08. The molecular weight excluding hydrogens is 246 g/mol. The minimum atomic E-state index is -0.281. The number of hydrogen-bond donors (Lipinski definition) is 2. The average Bonchev–Trinajstić information content (AvgIpc) is 2.70. The second-order valence-electron chi connectivity index (χ2n) is 4.35. The fourth-order valence-corrected chi connectivity index (χ4v) is 1.69. The molecule has 7 heteroatoms. The van der Waals surface area contributed by atoms with E-state index in [1.165, 1.54) is 4.40 Å². The van der Waals surface area contributed by atoms with Crippen molar-refractivity contribution >= 4 is 11.5 Å². The molecule has 0 saturated heterocycles. The molecule has 0 aliphatic rings. The van der Waals surface area contributed by atoms with Gasteiger partial charge in [-0.3, -0.25) is 0 Å². The molecule has 0 aliphatic heterocycles. The van der Waals surface area contributed by atoms with Crippen molar-refractivity contribution in [2.24, 2.45) is 0 Å². The topological polar surface area (TPSA) is 84.3 Å². The average molecular weight is 263 g/mol. The normalized spacial score (nSPS) is 10.8. The number of nitrogens with one attached hydrogen (secondary N) is 2. The lowest BCUT2D eigenvalue weighted by Gasteiger charge is -2.07. The van der Waals surface area contributed by atoms with Crippen molar-refractivity contribution in [2.45, 2.75) is 13.8 Å². The minimum absolute atomic E-state index is 0.281. The van der Waals surface area contributed by atoms with Gasteiger partial charge in [-0.25, -0.2) is 19.3 Å². The summed E-state index contributed by atoms with van der Waals surface area (Å²) in [6, 6.07) is 1.71. The van der Waals surface area contributed by atoms with Crippen molar-refractivity contribution in [3.8, 4) is 0 Å². The number of anilines is 1. The molecule has 2 N–H and O–H groups in total. The fraction of sp³-hybridized carbons (Fsp3) is 0.417. The Balaban J connectivity index is 1.98. The van der Waals surface area contributed by atoms with Crippen LogP contribution >= 0.6 is 0 Å². The molecule has 0 saturated carbocycles. The summed E-state index contributed by atoms with van der Waals surface area (Å²) >= 11 is 0. The third-order valence-corrected chi connectivity index (χ3v) is 2.47. The van der Waals surface area contributed by atoms with Crippen LogP contribution in [-0.4, -0.2) is 39.3 Å². The lowest BCUT2D eigenvalue weighted by molar-refractivity contribution is 0.167. The molecule has 2 rings (SSSR count). The summed E-state index contributed by atoms with van der Waals surface area (Å²) < 4.78 is 6.79. The predicted octanol–water partition coefficient (Wildman–Crippen LogP) is 0.731. The van der Waals surface area contributed by atoms with Crippen LogP contribution in [0.5, 0.6) is 0 Å². The number of H-pyrrole nitrogens is 1. The molecule has 0 unspecified atom stereocenters. The quantitative estimate of drug-likeness (QED) is 0.593. The van der Waals surface area contributed by atoms with Crippen molar-refractivity contribution in [3.63, 3.8) is 0 Å². The number of fused-ring (bicyclic) bond motifs is 1. The smallest absolute Gasteiger partial charge is 0.349 e. The largest absolute Gasteiger partial charge is 0.375 e. The highest BCUT2D eigenvalue weighted by Gasteiger charge is 2.06. The van der Waals surface area contributed by atoms with Gasteiger partial charge in [-0.15, -0.1) is 0 Å².